The van der Waals surface area contributed by atoms with Gasteiger partial charge in [0.05, 0.1) is 25.8 Å². The molecule has 0 spiro atoms. The van der Waals surface area contributed by atoms with Gasteiger partial charge in [-0.2, -0.15) is 0 Å². The highest BCUT2D eigenvalue weighted by Gasteiger charge is 2.27. The maximum atomic E-state index is 13.2. The first-order valence-corrected chi connectivity index (χ1v) is 8.79. The van der Waals surface area contributed by atoms with Crippen LogP contribution in [-0.4, -0.2) is 30.9 Å². The molecule has 0 amide bonds. The second kappa shape index (κ2) is 6.79. The van der Waals surface area contributed by atoms with Crippen molar-refractivity contribution >= 4 is 16.9 Å². The summed E-state index contributed by atoms with van der Waals surface area (Å²) in [7, 11) is 1.58. The number of esters is 1. The summed E-state index contributed by atoms with van der Waals surface area (Å²) in [5, 5.41) is 0.767. The first kappa shape index (κ1) is 17.1. The van der Waals surface area contributed by atoms with Crippen molar-refractivity contribution in [2.45, 2.75) is 13.5 Å². The molecule has 6 heteroatoms. The van der Waals surface area contributed by atoms with Crippen LogP contribution in [0.1, 0.15) is 17.3 Å². The Morgan fingerprint density at radius 2 is 2.04 bits per heavy atom. The third-order valence-corrected chi connectivity index (χ3v) is 4.66. The van der Waals surface area contributed by atoms with Crippen LogP contribution in [0, 0.1) is 0 Å². The number of pyridine rings is 1. The van der Waals surface area contributed by atoms with E-state index in [9.17, 15) is 9.59 Å². The summed E-state index contributed by atoms with van der Waals surface area (Å²) in [6.07, 6.45) is 0. The summed E-state index contributed by atoms with van der Waals surface area (Å²) in [5.41, 5.74) is 1.62. The standard InChI is InChI=1S/C21H19NO5/c1-3-26-21(24)18-17(13-6-4-7-14(12-13)25-2)15-8-5-9-16-19(15)22(20(18)23)10-11-27-16/h4-9,12H,3,10-11H2,1-2H3. The van der Waals surface area contributed by atoms with E-state index >= 15 is 0 Å². The number of carbonyl (C=O) groups excluding carboxylic acids is 1. The number of methoxy groups -OCH3 is 1. The van der Waals surface area contributed by atoms with Gasteiger partial charge in [-0.05, 0) is 30.7 Å². The van der Waals surface area contributed by atoms with Crippen molar-refractivity contribution in [2.24, 2.45) is 0 Å². The summed E-state index contributed by atoms with van der Waals surface area (Å²) in [5.74, 6) is 0.650. The SMILES string of the molecule is CCOC(=O)c1c(-c2cccc(OC)c2)c2cccc3c2n(c1=O)CCO3. The van der Waals surface area contributed by atoms with Crippen molar-refractivity contribution in [3.63, 3.8) is 0 Å². The molecule has 2 aromatic carbocycles. The van der Waals surface area contributed by atoms with E-state index in [1.165, 1.54) is 0 Å². The number of para-hydroxylation sites is 1. The molecule has 1 aliphatic rings. The Morgan fingerprint density at radius 1 is 1.22 bits per heavy atom. The molecule has 1 aliphatic heterocycles. The van der Waals surface area contributed by atoms with Gasteiger partial charge in [-0.15, -0.1) is 0 Å². The van der Waals surface area contributed by atoms with Crippen LogP contribution in [0.2, 0.25) is 0 Å². The van der Waals surface area contributed by atoms with Gasteiger partial charge in [-0.3, -0.25) is 4.79 Å². The van der Waals surface area contributed by atoms with E-state index in [0.717, 1.165) is 5.39 Å². The minimum absolute atomic E-state index is 0.0386. The summed E-state index contributed by atoms with van der Waals surface area (Å²) in [4.78, 5) is 26.0. The zero-order valence-electron chi connectivity index (χ0n) is 15.2. The molecule has 0 radical (unpaired) electrons. The maximum absolute atomic E-state index is 13.2. The summed E-state index contributed by atoms with van der Waals surface area (Å²) in [6, 6.07) is 12.9. The van der Waals surface area contributed by atoms with Crippen molar-refractivity contribution in [1.82, 2.24) is 4.57 Å². The number of carbonyl (C=O) groups is 1. The molecule has 138 valence electrons. The van der Waals surface area contributed by atoms with E-state index in [2.05, 4.69) is 0 Å². The van der Waals surface area contributed by atoms with Crippen molar-refractivity contribution < 1.29 is 19.0 Å². The average Bonchev–Trinajstić information content (AvgIpc) is 2.70. The molecule has 6 nitrogen and oxygen atoms in total. The Hall–Kier alpha value is -3.28. The Kier molecular flexibility index (Phi) is 4.32. The van der Waals surface area contributed by atoms with Crippen LogP contribution in [0.15, 0.2) is 47.3 Å². The van der Waals surface area contributed by atoms with Crippen LogP contribution in [0.4, 0.5) is 0 Å². The van der Waals surface area contributed by atoms with E-state index in [-0.39, 0.29) is 17.7 Å². The molecule has 0 N–H and O–H groups in total. The molecule has 0 saturated carbocycles. The molecule has 2 heterocycles. The molecule has 0 fully saturated rings. The van der Waals surface area contributed by atoms with Gasteiger partial charge in [0.1, 0.15) is 23.7 Å². The third kappa shape index (κ3) is 2.73. The van der Waals surface area contributed by atoms with Crippen molar-refractivity contribution in [3.05, 3.63) is 58.4 Å². The van der Waals surface area contributed by atoms with Crippen LogP contribution >= 0.6 is 0 Å². The Morgan fingerprint density at radius 3 is 2.81 bits per heavy atom. The quantitative estimate of drug-likeness (QED) is 0.664. The fourth-order valence-electron chi connectivity index (χ4n) is 3.53. The van der Waals surface area contributed by atoms with E-state index < -0.39 is 5.97 Å². The third-order valence-electron chi connectivity index (χ3n) is 4.66. The van der Waals surface area contributed by atoms with Gasteiger partial charge < -0.3 is 18.8 Å². The van der Waals surface area contributed by atoms with Gasteiger partial charge in [0, 0.05) is 10.9 Å². The van der Waals surface area contributed by atoms with Crippen LogP contribution in [0.5, 0.6) is 11.5 Å². The zero-order valence-corrected chi connectivity index (χ0v) is 15.2. The number of aromatic nitrogens is 1. The number of hydrogen-bond donors (Lipinski definition) is 0. The topological polar surface area (TPSA) is 66.8 Å². The molecule has 0 aliphatic carbocycles. The molecule has 0 bridgehead atoms. The largest absolute Gasteiger partial charge is 0.497 e. The Balaban J connectivity index is 2.15. The number of nitrogens with zero attached hydrogens (tertiary/aromatic N) is 1. The first-order valence-electron chi connectivity index (χ1n) is 8.79. The van der Waals surface area contributed by atoms with Crippen LogP contribution in [0.3, 0.4) is 0 Å². The van der Waals surface area contributed by atoms with E-state index in [0.29, 0.717) is 41.3 Å². The number of hydrogen-bond acceptors (Lipinski definition) is 5. The van der Waals surface area contributed by atoms with Crippen molar-refractivity contribution in [2.75, 3.05) is 20.3 Å². The predicted molar refractivity (Wildman–Crippen MR) is 102 cm³/mol. The monoisotopic (exact) mass is 365 g/mol. The minimum atomic E-state index is -0.622. The maximum Gasteiger partial charge on any atom is 0.344 e. The van der Waals surface area contributed by atoms with Gasteiger partial charge in [-0.25, -0.2) is 4.79 Å². The fraction of sp³-hybridized carbons (Fsp3) is 0.238. The molecular weight excluding hydrogens is 346 g/mol. The normalized spacial score (nSPS) is 12.5. The molecule has 0 unspecified atom stereocenters. The second-order valence-corrected chi connectivity index (χ2v) is 6.16. The summed E-state index contributed by atoms with van der Waals surface area (Å²) >= 11 is 0. The smallest absolute Gasteiger partial charge is 0.344 e. The van der Waals surface area contributed by atoms with Crippen LogP contribution in [-0.2, 0) is 11.3 Å². The van der Waals surface area contributed by atoms with Gasteiger partial charge >= 0.3 is 5.97 Å². The molecular formula is C21H19NO5. The van der Waals surface area contributed by atoms with E-state index in [1.807, 2.05) is 36.4 Å². The number of benzene rings is 2. The highest BCUT2D eigenvalue weighted by molar-refractivity contribution is 6.08. The first-order chi connectivity index (χ1) is 13.2. The summed E-state index contributed by atoms with van der Waals surface area (Å²) in [6.45, 7) is 2.68. The zero-order chi connectivity index (χ0) is 19.0. The molecule has 27 heavy (non-hydrogen) atoms. The fourth-order valence-corrected chi connectivity index (χ4v) is 3.53. The highest BCUT2D eigenvalue weighted by Crippen LogP contribution is 2.37. The highest BCUT2D eigenvalue weighted by atomic mass is 16.5. The van der Waals surface area contributed by atoms with Gasteiger partial charge in [-0.1, -0.05) is 24.3 Å². The van der Waals surface area contributed by atoms with Crippen LogP contribution < -0.4 is 15.0 Å². The lowest BCUT2D eigenvalue weighted by Crippen LogP contribution is -2.32. The average molecular weight is 365 g/mol. The van der Waals surface area contributed by atoms with Gasteiger partial charge in [0.15, 0.2) is 0 Å². The Labute approximate surface area is 155 Å². The minimum Gasteiger partial charge on any atom is -0.497 e. The molecule has 1 aromatic heterocycles. The second-order valence-electron chi connectivity index (χ2n) is 6.16. The van der Waals surface area contributed by atoms with Crippen molar-refractivity contribution in [3.8, 4) is 22.6 Å². The Bertz CT molecular complexity index is 1100. The van der Waals surface area contributed by atoms with Gasteiger partial charge in [0.25, 0.3) is 5.56 Å². The van der Waals surface area contributed by atoms with E-state index in [4.69, 9.17) is 14.2 Å². The van der Waals surface area contributed by atoms with Crippen molar-refractivity contribution in [1.29, 1.82) is 0 Å². The lowest BCUT2D eigenvalue weighted by atomic mass is 9.95. The molecule has 4 rings (SSSR count). The predicted octanol–water partition coefficient (Wildman–Crippen LogP) is 3.25. The summed E-state index contributed by atoms with van der Waals surface area (Å²) < 4.78 is 17.9. The lowest BCUT2D eigenvalue weighted by molar-refractivity contribution is 0.0524. The number of ether oxygens (including phenoxy) is 3. The molecule has 0 atom stereocenters. The van der Waals surface area contributed by atoms with Gasteiger partial charge in [0.2, 0.25) is 0 Å². The lowest BCUT2D eigenvalue weighted by Gasteiger charge is -2.23. The number of rotatable bonds is 4. The van der Waals surface area contributed by atoms with E-state index in [1.54, 1.807) is 24.7 Å². The molecule has 3 aromatic rings. The molecule has 0 saturated heterocycles. The van der Waals surface area contributed by atoms with Crippen LogP contribution in [0.25, 0.3) is 22.0 Å².